The van der Waals surface area contributed by atoms with Crippen LogP contribution in [0.4, 0.5) is 0 Å². The summed E-state index contributed by atoms with van der Waals surface area (Å²) < 4.78 is 7.08. The van der Waals surface area contributed by atoms with Crippen LogP contribution in [0.2, 0.25) is 5.02 Å². The molecule has 6 heteroatoms. The van der Waals surface area contributed by atoms with Crippen LogP contribution < -0.4 is 16.0 Å². The first-order valence-electron chi connectivity index (χ1n) is 9.71. The Morgan fingerprint density at radius 2 is 2.00 bits per heavy atom. The number of rotatable bonds is 5. The molecule has 1 fully saturated rings. The molecule has 27 heavy (non-hydrogen) atoms. The number of aromatic nitrogens is 1. The van der Waals surface area contributed by atoms with E-state index in [4.69, 9.17) is 22.1 Å². The maximum atomic E-state index is 12.0. The number of hydrogen-bond donors (Lipinski definition) is 2. The van der Waals surface area contributed by atoms with Crippen molar-refractivity contribution in [1.82, 2.24) is 4.98 Å². The maximum Gasteiger partial charge on any atom is 0.255 e. The summed E-state index contributed by atoms with van der Waals surface area (Å²) in [5.41, 5.74) is 6.53. The zero-order valence-electron chi connectivity index (χ0n) is 16.1. The van der Waals surface area contributed by atoms with Gasteiger partial charge in [-0.15, -0.1) is 0 Å². The molecule has 0 aliphatic heterocycles. The lowest BCUT2D eigenvalue weighted by Crippen LogP contribution is -2.48. The monoisotopic (exact) mass is 454 g/mol. The van der Waals surface area contributed by atoms with E-state index in [2.05, 4.69) is 41.7 Å². The van der Waals surface area contributed by atoms with E-state index in [9.17, 15) is 4.79 Å². The average Bonchev–Trinajstić information content (AvgIpc) is 2.66. The van der Waals surface area contributed by atoms with Gasteiger partial charge in [0.25, 0.3) is 5.56 Å². The number of fused-ring (bicyclic) bond motifs is 1. The molecule has 1 aromatic carbocycles. The number of benzene rings is 1. The second kappa shape index (κ2) is 8.14. The van der Waals surface area contributed by atoms with E-state index in [-0.39, 0.29) is 23.1 Å². The Morgan fingerprint density at radius 3 is 2.59 bits per heavy atom. The summed E-state index contributed by atoms with van der Waals surface area (Å²) >= 11 is 9.90. The number of hydrogen-bond acceptors (Lipinski definition) is 3. The highest BCUT2D eigenvalue weighted by molar-refractivity contribution is 9.10. The Morgan fingerprint density at radius 1 is 1.33 bits per heavy atom. The molecular weight excluding hydrogens is 428 g/mol. The molecular formula is C21H28BrClN2O2. The van der Waals surface area contributed by atoms with Gasteiger partial charge in [0.15, 0.2) is 0 Å². The van der Waals surface area contributed by atoms with Crippen molar-refractivity contribution in [3.63, 3.8) is 0 Å². The minimum atomic E-state index is -0.158. The van der Waals surface area contributed by atoms with Crippen LogP contribution in [0.3, 0.4) is 0 Å². The summed E-state index contributed by atoms with van der Waals surface area (Å²) in [4.78, 5) is 14.7. The zero-order chi connectivity index (χ0) is 19.8. The van der Waals surface area contributed by atoms with Gasteiger partial charge in [0.2, 0.25) is 0 Å². The Hall–Kier alpha value is -1.04. The van der Waals surface area contributed by atoms with Gasteiger partial charge in [0.1, 0.15) is 5.75 Å². The quantitative estimate of drug-likeness (QED) is 0.612. The fourth-order valence-electron chi connectivity index (χ4n) is 4.52. The van der Waals surface area contributed by atoms with Crippen LogP contribution in [0, 0.1) is 11.3 Å². The van der Waals surface area contributed by atoms with Crippen molar-refractivity contribution < 1.29 is 4.74 Å². The highest BCUT2D eigenvalue weighted by atomic mass is 79.9. The molecule has 1 heterocycles. The molecule has 1 aliphatic carbocycles. The molecule has 3 N–H and O–H groups in total. The molecule has 0 radical (unpaired) electrons. The van der Waals surface area contributed by atoms with Crippen molar-refractivity contribution in [2.75, 3.05) is 0 Å². The molecule has 1 atom stereocenters. The Balaban J connectivity index is 1.80. The van der Waals surface area contributed by atoms with Gasteiger partial charge in [-0.2, -0.15) is 0 Å². The zero-order valence-corrected chi connectivity index (χ0v) is 18.5. The van der Waals surface area contributed by atoms with Crippen LogP contribution in [-0.2, 0) is 0 Å². The lowest BCUT2D eigenvalue weighted by Gasteiger charge is -2.47. The fraction of sp³-hybridized carbons (Fsp3) is 0.571. The Kier molecular flexibility index (Phi) is 6.24. The summed E-state index contributed by atoms with van der Waals surface area (Å²) in [7, 11) is 0. The summed E-state index contributed by atoms with van der Waals surface area (Å²) in [5.74, 6) is 1.19. The maximum absolute atomic E-state index is 12.0. The molecule has 0 bridgehead atoms. The highest BCUT2D eigenvalue weighted by Gasteiger charge is 2.42. The number of nitrogens with one attached hydrogen (secondary N) is 1. The number of halogens is 2. The first-order valence-corrected chi connectivity index (χ1v) is 10.9. The number of aromatic amines is 1. The molecule has 0 saturated heterocycles. The first kappa shape index (κ1) is 20.7. The molecule has 3 rings (SSSR count). The smallest absolute Gasteiger partial charge is 0.255 e. The number of pyridine rings is 1. The van der Waals surface area contributed by atoms with Gasteiger partial charge < -0.3 is 15.5 Å². The standard InChI is InChI=1S/C21H28BrClN2O2/c1-4-19(24)21(12(2)3)7-5-13(6-8-21)27-18-10-14-15(9-17(18)23)20(26)25-11-16(14)22/h9-13,19H,4-8,24H2,1-3H3,(H,25,26)/t13-,19?,21+. The van der Waals surface area contributed by atoms with Crippen LogP contribution >= 0.6 is 27.5 Å². The lowest BCUT2D eigenvalue weighted by atomic mass is 9.62. The highest BCUT2D eigenvalue weighted by Crippen LogP contribution is 2.46. The van der Waals surface area contributed by atoms with E-state index in [1.807, 2.05) is 6.07 Å². The molecule has 1 aliphatic rings. The fourth-order valence-corrected chi connectivity index (χ4v) is 5.17. The Bertz CT molecular complexity index is 872. The van der Waals surface area contributed by atoms with Crippen molar-refractivity contribution in [2.45, 2.75) is 65.0 Å². The van der Waals surface area contributed by atoms with E-state index >= 15 is 0 Å². The predicted molar refractivity (Wildman–Crippen MR) is 116 cm³/mol. The second-order valence-corrected chi connectivity index (χ2v) is 9.28. The molecule has 1 saturated carbocycles. The van der Waals surface area contributed by atoms with Gasteiger partial charge in [0.05, 0.1) is 11.1 Å². The molecule has 2 aromatic rings. The lowest BCUT2D eigenvalue weighted by molar-refractivity contribution is 0.0257. The minimum absolute atomic E-state index is 0.122. The third-order valence-electron chi connectivity index (χ3n) is 6.39. The minimum Gasteiger partial charge on any atom is -0.489 e. The van der Waals surface area contributed by atoms with E-state index in [1.54, 1.807) is 12.3 Å². The number of ether oxygens (including phenoxy) is 1. The van der Waals surface area contributed by atoms with Crippen LogP contribution in [0.5, 0.6) is 5.75 Å². The molecule has 1 unspecified atom stereocenters. The van der Waals surface area contributed by atoms with Gasteiger partial charge in [-0.25, -0.2) is 0 Å². The van der Waals surface area contributed by atoms with Crippen molar-refractivity contribution in [2.24, 2.45) is 17.1 Å². The van der Waals surface area contributed by atoms with Crippen LogP contribution in [0.1, 0.15) is 52.9 Å². The average molecular weight is 456 g/mol. The molecule has 0 spiro atoms. The third kappa shape index (κ3) is 3.92. The summed E-state index contributed by atoms with van der Waals surface area (Å²) in [6.07, 6.45) is 6.84. The Labute approximate surface area is 173 Å². The van der Waals surface area contributed by atoms with Crippen LogP contribution in [-0.4, -0.2) is 17.1 Å². The normalized spacial score (nSPS) is 24.3. The van der Waals surface area contributed by atoms with Crippen molar-refractivity contribution in [3.8, 4) is 5.75 Å². The van der Waals surface area contributed by atoms with Crippen molar-refractivity contribution in [1.29, 1.82) is 0 Å². The summed E-state index contributed by atoms with van der Waals surface area (Å²) in [6, 6.07) is 3.77. The van der Waals surface area contributed by atoms with E-state index < -0.39 is 0 Å². The van der Waals surface area contributed by atoms with E-state index in [0.29, 0.717) is 22.1 Å². The van der Waals surface area contributed by atoms with Crippen LogP contribution in [0.15, 0.2) is 27.6 Å². The van der Waals surface area contributed by atoms with Gasteiger partial charge in [-0.05, 0) is 71.5 Å². The third-order valence-corrected chi connectivity index (χ3v) is 7.34. The predicted octanol–water partition coefficient (Wildman–Crippen LogP) is 5.65. The topological polar surface area (TPSA) is 68.1 Å². The van der Waals surface area contributed by atoms with Crippen LogP contribution in [0.25, 0.3) is 10.8 Å². The van der Waals surface area contributed by atoms with Gasteiger partial charge in [0, 0.05) is 27.5 Å². The first-order chi connectivity index (χ1) is 12.8. The van der Waals surface area contributed by atoms with Crippen molar-refractivity contribution in [3.05, 3.63) is 38.2 Å². The summed E-state index contributed by atoms with van der Waals surface area (Å²) in [6.45, 7) is 6.74. The molecule has 1 aromatic heterocycles. The SMILES string of the molecule is CCC(N)[C@]1(C(C)C)CC[C@H](Oc2cc3c(Br)c[nH]c(=O)c3cc2Cl)CC1. The summed E-state index contributed by atoms with van der Waals surface area (Å²) in [5, 5.41) is 1.83. The van der Waals surface area contributed by atoms with Crippen molar-refractivity contribution >= 4 is 38.3 Å². The van der Waals surface area contributed by atoms with Gasteiger partial charge in [-0.1, -0.05) is 32.4 Å². The molecule has 4 nitrogen and oxygen atoms in total. The van der Waals surface area contributed by atoms with E-state index in [0.717, 1.165) is 42.0 Å². The molecule has 0 amide bonds. The second-order valence-electron chi connectivity index (χ2n) is 8.01. The van der Waals surface area contributed by atoms with Gasteiger partial charge >= 0.3 is 0 Å². The number of H-pyrrole nitrogens is 1. The largest absolute Gasteiger partial charge is 0.489 e. The van der Waals surface area contributed by atoms with Gasteiger partial charge in [-0.3, -0.25) is 4.79 Å². The molecule has 148 valence electrons. The van der Waals surface area contributed by atoms with E-state index in [1.165, 1.54) is 0 Å². The number of nitrogens with two attached hydrogens (primary N) is 1.